The number of carbonyl (C=O) groups excluding carboxylic acids is 1. The maximum atomic E-state index is 12.7. The maximum absolute atomic E-state index is 12.7. The normalized spacial score (nSPS) is 13.8. The van der Waals surface area contributed by atoms with Gasteiger partial charge in [0.05, 0.1) is 13.2 Å². The molecule has 0 bridgehead atoms. The van der Waals surface area contributed by atoms with E-state index in [2.05, 4.69) is 27.5 Å². The van der Waals surface area contributed by atoms with Gasteiger partial charge < -0.3 is 14.6 Å². The van der Waals surface area contributed by atoms with Gasteiger partial charge in [0.25, 0.3) is 5.56 Å². The fraction of sp³-hybridized carbons (Fsp3) is 0.280. The summed E-state index contributed by atoms with van der Waals surface area (Å²) in [7, 11) is 0. The molecular formula is C25H25N5O3. The first-order chi connectivity index (χ1) is 16.0. The summed E-state index contributed by atoms with van der Waals surface area (Å²) in [6, 6.07) is 17.1. The number of aryl methyl sites for hydroxylation is 2. The summed E-state index contributed by atoms with van der Waals surface area (Å²) in [5, 5.41) is 7.31. The van der Waals surface area contributed by atoms with E-state index in [1.807, 2.05) is 43.3 Å². The number of aromatic nitrogens is 4. The molecule has 1 N–H and O–H groups in total. The second kappa shape index (κ2) is 8.63. The van der Waals surface area contributed by atoms with Crippen LogP contribution in [0.3, 0.4) is 0 Å². The molecule has 2 aromatic carbocycles. The Labute approximate surface area is 190 Å². The van der Waals surface area contributed by atoms with E-state index < -0.39 is 0 Å². The van der Waals surface area contributed by atoms with Gasteiger partial charge in [-0.3, -0.25) is 9.59 Å². The molecule has 2 aromatic heterocycles. The Morgan fingerprint density at radius 1 is 1.09 bits per heavy atom. The molecule has 0 radical (unpaired) electrons. The number of rotatable bonds is 6. The highest BCUT2D eigenvalue weighted by Crippen LogP contribution is 2.21. The third-order valence-corrected chi connectivity index (χ3v) is 5.88. The van der Waals surface area contributed by atoms with Crippen LogP contribution in [0.5, 0.6) is 0 Å². The molecule has 1 aliphatic heterocycles. The van der Waals surface area contributed by atoms with Crippen LogP contribution in [0.1, 0.15) is 16.8 Å². The lowest BCUT2D eigenvalue weighted by molar-refractivity contribution is -0.116. The molecule has 3 heterocycles. The van der Waals surface area contributed by atoms with Gasteiger partial charge in [0.1, 0.15) is 6.54 Å². The number of anilines is 1. The monoisotopic (exact) mass is 443 g/mol. The van der Waals surface area contributed by atoms with Crippen LogP contribution in [0.2, 0.25) is 0 Å². The highest BCUT2D eigenvalue weighted by atomic mass is 16.5. The minimum absolute atomic E-state index is 0.0179. The van der Waals surface area contributed by atoms with Gasteiger partial charge in [-0.1, -0.05) is 42.0 Å². The fourth-order valence-electron chi connectivity index (χ4n) is 3.93. The molecule has 0 unspecified atom stereocenters. The van der Waals surface area contributed by atoms with Crippen LogP contribution < -0.4 is 10.9 Å². The van der Waals surface area contributed by atoms with Crippen molar-refractivity contribution >= 4 is 17.4 Å². The summed E-state index contributed by atoms with van der Waals surface area (Å²) in [6.07, 6.45) is 0.985. The second-order valence-electron chi connectivity index (χ2n) is 8.58. The maximum Gasteiger partial charge on any atom is 0.275 e. The molecule has 0 spiro atoms. The van der Waals surface area contributed by atoms with Gasteiger partial charge in [0, 0.05) is 28.9 Å². The van der Waals surface area contributed by atoms with E-state index >= 15 is 0 Å². The smallest absolute Gasteiger partial charge is 0.275 e. The van der Waals surface area contributed by atoms with Crippen molar-refractivity contribution < 1.29 is 9.53 Å². The van der Waals surface area contributed by atoms with Crippen LogP contribution >= 0.6 is 0 Å². The van der Waals surface area contributed by atoms with E-state index in [1.54, 1.807) is 11.5 Å². The molecule has 0 aliphatic carbocycles. The first kappa shape index (κ1) is 21.1. The Hall–Kier alpha value is -3.78. The third-order valence-electron chi connectivity index (χ3n) is 5.88. The molecule has 1 saturated heterocycles. The average Bonchev–Trinajstić information content (AvgIpc) is 3.22. The molecule has 33 heavy (non-hydrogen) atoms. The lowest BCUT2D eigenvalue weighted by Crippen LogP contribution is -2.29. The number of ether oxygens (including phenoxy) is 1. The van der Waals surface area contributed by atoms with Crippen molar-refractivity contribution in [2.24, 2.45) is 5.92 Å². The first-order valence-electron chi connectivity index (χ1n) is 11.0. The molecule has 1 fully saturated rings. The quantitative estimate of drug-likeness (QED) is 0.495. The van der Waals surface area contributed by atoms with Crippen LogP contribution in [-0.2, 0) is 22.5 Å². The minimum atomic E-state index is -0.280. The van der Waals surface area contributed by atoms with Crippen molar-refractivity contribution in [1.29, 1.82) is 0 Å². The Bertz CT molecular complexity index is 1370. The zero-order valence-corrected chi connectivity index (χ0v) is 18.6. The molecular weight excluding hydrogens is 418 g/mol. The van der Waals surface area contributed by atoms with Crippen LogP contribution in [-0.4, -0.2) is 38.3 Å². The number of amides is 1. The van der Waals surface area contributed by atoms with E-state index in [-0.39, 0.29) is 18.0 Å². The van der Waals surface area contributed by atoms with Gasteiger partial charge in [0.2, 0.25) is 11.7 Å². The number of fused-ring (bicyclic) bond motifs is 1. The molecule has 5 rings (SSSR count). The highest BCUT2D eigenvalue weighted by molar-refractivity contribution is 5.90. The van der Waals surface area contributed by atoms with Gasteiger partial charge >= 0.3 is 0 Å². The highest BCUT2D eigenvalue weighted by Gasteiger charge is 2.19. The van der Waals surface area contributed by atoms with Crippen molar-refractivity contribution in [3.63, 3.8) is 0 Å². The Balaban J connectivity index is 1.41. The predicted octanol–water partition coefficient (Wildman–Crippen LogP) is 3.00. The molecule has 1 aliphatic rings. The number of carbonyl (C=O) groups is 1. The van der Waals surface area contributed by atoms with Gasteiger partial charge in [-0.25, -0.2) is 0 Å². The summed E-state index contributed by atoms with van der Waals surface area (Å²) in [6.45, 7) is 5.43. The SMILES string of the molecule is Cc1ccc(NC(=O)Cn2c(C)cc(=O)n3nc(-c4ccc(CC5COC5)cc4)nc23)cc1. The van der Waals surface area contributed by atoms with Crippen molar-refractivity contribution in [1.82, 2.24) is 19.2 Å². The number of nitrogens with one attached hydrogen (secondary N) is 1. The average molecular weight is 444 g/mol. The van der Waals surface area contributed by atoms with Gasteiger partial charge in [-0.05, 0) is 38.0 Å². The van der Waals surface area contributed by atoms with Gasteiger partial charge in [-0.15, -0.1) is 5.10 Å². The lowest BCUT2D eigenvalue weighted by atomic mass is 9.97. The van der Waals surface area contributed by atoms with Gasteiger partial charge in [-0.2, -0.15) is 9.50 Å². The summed E-state index contributed by atoms with van der Waals surface area (Å²) >= 11 is 0. The minimum Gasteiger partial charge on any atom is -0.381 e. The summed E-state index contributed by atoms with van der Waals surface area (Å²) < 4.78 is 8.20. The summed E-state index contributed by atoms with van der Waals surface area (Å²) in [5.74, 6) is 1.16. The largest absolute Gasteiger partial charge is 0.381 e. The standard InChI is InChI=1S/C25H25N5O3/c1-16-3-9-21(10-4-16)26-22(31)13-29-17(2)11-23(32)30-25(29)27-24(28-30)20-7-5-18(6-8-20)12-19-14-33-15-19/h3-11,19H,12-15H2,1-2H3,(H,26,31). The van der Waals surface area contributed by atoms with E-state index in [0.29, 0.717) is 23.2 Å². The molecule has 168 valence electrons. The van der Waals surface area contributed by atoms with E-state index in [4.69, 9.17) is 4.74 Å². The molecule has 8 nitrogen and oxygen atoms in total. The molecule has 1 amide bonds. The van der Waals surface area contributed by atoms with Crippen LogP contribution in [0.4, 0.5) is 5.69 Å². The van der Waals surface area contributed by atoms with Crippen LogP contribution in [0.15, 0.2) is 59.4 Å². The Morgan fingerprint density at radius 3 is 2.48 bits per heavy atom. The molecule has 0 saturated carbocycles. The van der Waals surface area contributed by atoms with Crippen molar-refractivity contribution in [3.05, 3.63) is 81.8 Å². The van der Waals surface area contributed by atoms with Crippen molar-refractivity contribution in [3.8, 4) is 11.4 Å². The van der Waals surface area contributed by atoms with E-state index in [0.717, 1.165) is 36.4 Å². The number of hydrogen-bond donors (Lipinski definition) is 1. The van der Waals surface area contributed by atoms with Crippen LogP contribution in [0.25, 0.3) is 17.2 Å². The summed E-state index contributed by atoms with van der Waals surface area (Å²) in [5.41, 5.74) is 4.25. The van der Waals surface area contributed by atoms with Crippen LogP contribution in [0, 0.1) is 19.8 Å². The van der Waals surface area contributed by atoms with Gasteiger partial charge in [0.15, 0.2) is 5.82 Å². The van der Waals surface area contributed by atoms with Crippen molar-refractivity contribution in [2.45, 2.75) is 26.8 Å². The second-order valence-corrected chi connectivity index (χ2v) is 8.58. The zero-order valence-electron chi connectivity index (χ0n) is 18.6. The first-order valence-corrected chi connectivity index (χ1v) is 11.0. The Kier molecular flexibility index (Phi) is 5.51. The van der Waals surface area contributed by atoms with E-state index in [1.165, 1.54) is 16.1 Å². The predicted molar refractivity (Wildman–Crippen MR) is 125 cm³/mol. The van der Waals surface area contributed by atoms with E-state index in [9.17, 15) is 9.59 Å². The molecule has 8 heteroatoms. The number of nitrogens with zero attached hydrogens (tertiary/aromatic N) is 4. The molecule has 0 atom stereocenters. The summed E-state index contributed by atoms with van der Waals surface area (Å²) in [4.78, 5) is 29.9. The number of hydrogen-bond acceptors (Lipinski definition) is 5. The lowest BCUT2D eigenvalue weighted by Gasteiger charge is -2.25. The number of benzene rings is 2. The molecule has 4 aromatic rings. The topological polar surface area (TPSA) is 90.5 Å². The zero-order chi connectivity index (χ0) is 22.9. The fourth-order valence-corrected chi connectivity index (χ4v) is 3.93. The van der Waals surface area contributed by atoms with Crippen molar-refractivity contribution in [2.75, 3.05) is 18.5 Å². The third kappa shape index (κ3) is 4.42. The Morgan fingerprint density at radius 2 is 1.82 bits per heavy atom.